The van der Waals surface area contributed by atoms with Gasteiger partial charge in [0.15, 0.2) is 0 Å². The molecule has 0 fully saturated rings. The molecule has 1 aromatic heterocycles. The Morgan fingerprint density at radius 3 is 2.69 bits per heavy atom. The molecule has 0 aliphatic rings. The van der Waals surface area contributed by atoms with Crippen LogP contribution in [0.4, 0.5) is 0 Å². The molecule has 1 N–H and O–H groups in total. The van der Waals surface area contributed by atoms with E-state index in [4.69, 9.17) is 0 Å². The molecule has 0 spiro atoms. The Morgan fingerprint density at radius 2 is 2.08 bits per heavy atom. The molecule has 1 heterocycles. The summed E-state index contributed by atoms with van der Waals surface area (Å²) in [4.78, 5) is 18.4. The first-order valence-corrected chi connectivity index (χ1v) is 4.71. The lowest BCUT2D eigenvalue weighted by Gasteiger charge is -2.02. The third kappa shape index (κ3) is 2.41. The summed E-state index contributed by atoms with van der Waals surface area (Å²) in [6, 6.07) is 0. The lowest BCUT2D eigenvalue weighted by atomic mass is 10.2. The lowest BCUT2D eigenvalue weighted by Crippen LogP contribution is -2.17. The van der Waals surface area contributed by atoms with E-state index in [1.54, 1.807) is 0 Å². The first-order chi connectivity index (χ1) is 6.15. The van der Waals surface area contributed by atoms with Crippen molar-refractivity contribution in [3.63, 3.8) is 0 Å². The van der Waals surface area contributed by atoms with Crippen molar-refractivity contribution in [1.29, 1.82) is 0 Å². The van der Waals surface area contributed by atoms with Crippen molar-refractivity contribution in [1.82, 2.24) is 9.97 Å². The van der Waals surface area contributed by atoms with Crippen molar-refractivity contribution in [3.05, 3.63) is 27.4 Å². The molecule has 0 saturated heterocycles. The third-order valence-electron chi connectivity index (χ3n) is 2.18. The lowest BCUT2D eigenvalue weighted by molar-refractivity contribution is 0.756. The number of nitrogens with one attached hydrogen (secondary N) is 1. The minimum Gasteiger partial charge on any atom is -0.323 e. The second kappa shape index (κ2) is 4.21. The number of nitrogens with zero attached hydrogens (tertiary/aromatic N) is 1. The Labute approximate surface area is 78.2 Å². The average molecular weight is 180 g/mol. The van der Waals surface area contributed by atoms with Crippen molar-refractivity contribution >= 4 is 0 Å². The highest BCUT2D eigenvalue weighted by Crippen LogP contribution is 2.00. The second-order valence-electron chi connectivity index (χ2n) is 3.33. The SMILES string of the molecule is CCCCc1nc(C)c(C)[nH]c1=O. The van der Waals surface area contributed by atoms with E-state index in [1.165, 1.54) is 0 Å². The quantitative estimate of drug-likeness (QED) is 0.770. The topological polar surface area (TPSA) is 45.8 Å². The molecule has 0 unspecified atom stereocenters. The highest BCUT2D eigenvalue weighted by molar-refractivity contribution is 5.10. The summed E-state index contributed by atoms with van der Waals surface area (Å²) in [6.07, 6.45) is 2.90. The van der Waals surface area contributed by atoms with E-state index in [-0.39, 0.29) is 5.56 Å². The summed E-state index contributed by atoms with van der Waals surface area (Å²) in [5, 5.41) is 0. The molecule has 1 aromatic rings. The molecule has 3 heteroatoms. The summed E-state index contributed by atoms with van der Waals surface area (Å²) in [5.74, 6) is 0. The molecule has 13 heavy (non-hydrogen) atoms. The molecule has 1 rings (SSSR count). The Balaban J connectivity index is 2.95. The van der Waals surface area contributed by atoms with Crippen molar-refractivity contribution < 1.29 is 0 Å². The van der Waals surface area contributed by atoms with Crippen LogP contribution in [0.3, 0.4) is 0 Å². The molecule has 0 aliphatic carbocycles. The van der Waals surface area contributed by atoms with Crippen molar-refractivity contribution in [3.8, 4) is 0 Å². The zero-order valence-electron chi connectivity index (χ0n) is 8.48. The Kier molecular flexibility index (Phi) is 3.23. The fraction of sp³-hybridized carbons (Fsp3) is 0.600. The van der Waals surface area contributed by atoms with Gasteiger partial charge in [-0.3, -0.25) is 9.78 Å². The van der Waals surface area contributed by atoms with Gasteiger partial charge in [-0.05, 0) is 26.7 Å². The van der Waals surface area contributed by atoms with Crippen LogP contribution in [0.25, 0.3) is 0 Å². The fourth-order valence-corrected chi connectivity index (χ4v) is 1.18. The van der Waals surface area contributed by atoms with Gasteiger partial charge in [0, 0.05) is 5.69 Å². The molecule has 0 aliphatic heterocycles. The van der Waals surface area contributed by atoms with Gasteiger partial charge in [0.1, 0.15) is 5.69 Å². The number of H-pyrrole nitrogens is 1. The fourth-order valence-electron chi connectivity index (χ4n) is 1.18. The number of hydrogen-bond acceptors (Lipinski definition) is 2. The summed E-state index contributed by atoms with van der Waals surface area (Å²) < 4.78 is 0. The van der Waals surface area contributed by atoms with Gasteiger partial charge in [0.05, 0.1) is 5.69 Å². The van der Waals surface area contributed by atoms with Crippen LogP contribution in [0.5, 0.6) is 0 Å². The third-order valence-corrected chi connectivity index (χ3v) is 2.18. The summed E-state index contributed by atoms with van der Waals surface area (Å²) in [7, 11) is 0. The summed E-state index contributed by atoms with van der Waals surface area (Å²) in [5.41, 5.74) is 2.43. The molecule has 0 radical (unpaired) electrons. The first kappa shape index (κ1) is 9.96. The van der Waals surface area contributed by atoms with E-state index < -0.39 is 0 Å². The highest BCUT2D eigenvalue weighted by Gasteiger charge is 2.03. The minimum atomic E-state index is -0.0310. The Bertz CT molecular complexity index is 341. The summed E-state index contributed by atoms with van der Waals surface area (Å²) in [6.45, 7) is 5.89. The monoisotopic (exact) mass is 180 g/mol. The molecule has 0 saturated carbocycles. The largest absolute Gasteiger partial charge is 0.323 e. The standard InChI is InChI=1S/C10H16N2O/c1-4-5-6-9-10(13)12-8(3)7(2)11-9/h4-6H2,1-3H3,(H,12,13). The Morgan fingerprint density at radius 1 is 1.38 bits per heavy atom. The number of aromatic nitrogens is 2. The van der Waals surface area contributed by atoms with Crippen molar-refractivity contribution in [2.45, 2.75) is 40.0 Å². The van der Waals surface area contributed by atoms with Crippen LogP contribution in [0.1, 0.15) is 36.8 Å². The van der Waals surface area contributed by atoms with Crippen LogP contribution in [-0.2, 0) is 6.42 Å². The predicted octanol–water partition coefficient (Wildman–Crippen LogP) is 1.73. The van der Waals surface area contributed by atoms with Crippen LogP contribution in [0.15, 0.2) is 4.79 Å². The first-order valence-electron chi connectivity index (χ1n) is 4.71. The molecular formula is C10H16N2O. The van der Waals surface area contributed by atoms with E-state index in [0.717, 1.165) is 30.7 Å². The normalized spacial score (nSPS) is 10.4. The Hall–Kier alpha value is -1.12. The van der Waals surface area contributed by atoms with Gasteiger partial charge in [-0.15, -0.1) is 0 Å². The zero-order valence-corrected chi connectivity index (χ0v) is 8.48. The predicted molar refractivity (Wildman–Crippen MR) is 52.9 cm³/mol. The van der Waals surface area contributed by atoms with Crippen molar-refractivity contribution in [2.75, 3.05) is 0 Å². The van der Waals surface area contributed by atoms with Crippen LogP contribution >= 0.6 is 0 Å². The van der Waals surface area contributed by atoms with Crippen molar-refractivity contribution in [2.24, 2.45) is 0 Å². The molecule has 72 valence electrons. The van der Waals surface area contributed by atoms with E-state index in [1.807, 2.05) is 13.8 Å². The van der Waals surface area contributed by atoms with Gasteiger partial charge in [0.25, 0.3) is 5.56 Å². The van der Waals surface area contributed by atoms with Gasteiger partial charge >= 0.3 is 0 Å². The maximum atomic E-state index is 11.4. The molecule has 0 bridgehead atoms. The molecule has 3 nitrogen and oxygen atoms in total. The molecule has 0 amide bonds. The molecule has 0 aromatic carbocycles. The molecular weight excluding hydrogens is 164 g/mol. The highest BCUT2D eigenvalue weighted by atomic mass is 16.1. The summed E-state index contributed by atoms with van der Waals surface area (Å²) >= 11 is 0. The van der Waals surface area contributed by atoms with Crippen LogP contribution in [0.2, 0.25) is 0 Å². The number of rotatable bonds is 3. The number of aryl methyl sites for hydroxylation is 3. The van der Waals surface area contributed by atoms with Gasteiger partial charge in [0.2, 0.25) is 0 Å². The van der Waals surface area contributed by atoms with E-state index in [0.29, 0.717) is 5.69 Å². The van der Waals surface area contributed by atoms with Gasteiger partial charge < -0.3 is 4.98 Å². The van der Waals surface area contributed by atoms with E-state index in [2.05, 4.69) is 16.9 Å². The van der Waals surface area contributed by atoms with Crippen LogP contribution in [0, 0.1) is 13.8 Å². The zero-order chi connectivity index (χ0) is 9.84. The van der Waals surface area contributed by atoms with Gasteiger partial charge in [-0.2, -0.15) is 0 Å². The number of hydrogen-bond donors (Lipinski definition) is 1. The van der Waals surface area contributed by atoms with Crippen LogP contribution < -0.4 is 5.56 Å². The van der Waals surface area contributed by atoms with Gasteiger partial charge in [-0.25, -0.2) is 0 Å². The minimum absolute atomic E-state index is 0.0310. The maximum Gasteiger partial charge on any atom is 0.269 e. The van der Waals surface area contributed by atoms with Crippen LogP contribution in [-0.4, -0.2) is 9.97 Å². The molecule has 0 atom stereocenters. The average Bonchev–Trinajstić information content (AvgIpc) is 2.09. The maximum absolute atomic E-state index is 11.4. The number of aromatic amines is 1. The second-order valence-corrected chi connectivity index (χ2v) is 3.33. The van der Waals surface area contributed by atoms with E-state index >= 15 is 0 Å². The van der Waals surface area contributed by atoms with Gasteiger partial charge in [-0.1, -0.05) is 13.3 Å². The van der Waals surface area contributed by atoms with E-state index in [9.17, 15) is 4.79 Å². The smallest absolute Gasteiger partial charge is 0.269 e. The number of unbranched alkanes of at least 4 members (excludes halogenated alkanes) is 1.